The maximum Gasteiger partial charge on any atom is 0.173 e. The van der Waals surface area contributed by atoms with Gasteiger partial charge in [0.1, 0.15) is 11.5 Å². The number of aliphatic hydroxyl groups excluding tert-OH is 1. The molecule has 2 atom stereocenters. The van der Waals surface area contributed by atoms with Crippen molar-refractivity contribution in [3.63, 3.8) is 0 Å². The van der Waals surface area contributed by atoms with Crippen LogP contribution in [0.1, 0.15) is 51.7 Å². The average Bonchev–Trinajstić information content (AvgIpc) is 2.87. The van der Waals surface area contributed by atoms with E-state index >= 15 is 0 Å². The summed E-state index contributed by atoms with van der Waals surface area (Å²) < 4.78 is 20.7. The van der Waals surface area contributed by atoms with E-state index in [2.05, 4.69) is 29.8 Å². The highest BCUT2D eigenvalue weighted by Crippen LogP contribution is 2.63. The zero-order valence-corrected chi connectivity index (χ0v) is 19.3. The van der Waals surface area contributed by atoms with Crippen molar-refractivity contribution in [3.8, 4) is 11.5 Å². The van der Waals surface area contributed by atoms with E-state index in [1.807, 2.05) is 19.9 Å². The first-order valence-electron chi connectivity index (χ1n) is 10.3. The van der Waals surface area contributed by atoms with Crippen LogP contribution < -0.4 is 4.74 Å². The van der Waals surface area contributed by atoms with Gasteiger partial charge in [0.05, 0.1) is 5.57 Å². The number of hydrogen-bond donors (Lipinski definition) is 1. The maximum atomic E-state index is 14.2. The topological polar surface area (TPSA) is 46.5 Å². The van der Waals surface area contributed by atoms with Crippen molar-refractivity contribution in [1.82, 2.24) is 0 Å². The lowest BCUT2D eigenvalue weighted by atomic mass is 9.58. The number of Topliss-reactive ketones (excluding diaryl/α,β-unsaturated/α-hetero) is 1. The fourth-order valence-corrected chi connectivity index (χ4v) is 5.39. The number of aryl methyl sites for hydroxylation is 1. The lowest BCUT2D eigenvalue weighted by Gasteiger charge is -2.45. The molecule has 1 N–H and O–H groups in total. The molecule has 0 spiro atoms. The molecular formula is C25H26BrFO3. The Morgan fingerprint density at radius 3 is 2.60 bits per heavy atom. The second kappa shape index (κ2) is 7.23. The van der Waals surface area contributed by atoms with Crippen LogP contribution in [-0.4, -0.2) is 10.9 Å². The molecule has 2 bridgehead atoms. The van der Waals surface area contributed by atoms with Gasteiger partial charge >= 0.3 is 0 Å². The number of benzene rings is 2. The van der Waals surface area contributed by atoms with Gasteiger partial charge in [-0.15, -0.1) is 0 Å². The van der Waals surface area contributed by atoms with Crippen molar-refractivity contribution >= 4 is 27.3 Å². The summed E-state index contributed by atoms with van der Waals surface area (Å²) in [6, 6.07) is 10.0. The quantitative estimate of drug-likeness (QED) is 0.509. The largest absolute Gasteiger partial charge is 0.511 e. The van der Waals surface area contributed by atoms with E-state index < -0.39 is 11.2 Å². The van der Waals surface area contributed by atoms with Crippen LogP contribution in [0, 0.1) is 22.6 Å². The van der Waals surface area contributed by atoms with Crippen LogP contribution >= 0.6 is 15.9 Å². The molecule has 2 aliphatic rings. The highest BCUT2D eigenvalue weighted by atomic mass is 79.9. The molecule has 1 fully saturated rings. The first kappa shape index (κ1) is 21.1. The number of ketones is 1. The molecule has 5 heteroatoms. The van der Waals surface area contributed by atoms with Crippen molar-refractivity contribution in [3.05, 3.63) is 63.6 Å². The molecule has 0 heterocycles. The molecule has 2 aliphatic carbocycles. The number of carbonyl (C=O) groups is 1. The van der Waals surface area contributed by atoms with Crippen molar-refractivity contribution in [1.29, 1.82) is 0 Å². The Labute approximate surface area is 185 Å². The Kier molecular flexibility index (Phi) is 5.08. The van der Waals surface area contributed by atoms with Gasteiger partial charge in [-0.25, -0.2) is 4.39 Å². The number of carbonyl (C=O) groups excluding carboxylic acids is 1. The molecule has 158 valence electrons. The lowest BCUT2D eigenvalue weighted by Crippen LogP contribution is -2.45. The van der Waals surface area contributed by atoms with E-state index in [0.717, 1.165) is 18.4 Å². The fraction of sp³-hybridized carbons (Fsp3) is 0.400. The van der Waals surface area contributed by atoms with Crippen LogP contribution in [0.25, 0.3) is 5.57 Å². The van der Waals surface area contributed by atoms with Gasteiger partial charge in [0.2, 0.25) is 0 Å². The van der Waals surface area contributed by atoms with Crippen molar-refractivity contribution in [2.45, 2.75) is 47.0 Å². The molecular weight excluding hydrogens is 447 g/mol. The number of halogens is 2. The first-order valence-corrected chi connectivity index (χ1v) is 11.1. The van der Waals surface area contributed by atoms with Crippen molar-refractivity contribution in [2.75, 3.05) is 0 Å². The van der Waals surface area contributed by atoms with E-state index in [1.165, 1.54) is 6.07 Å². The lowest BCUT2D eigenvalue weighted by molar-refractivity contribution is -0.128. The molecule has 0 aromatic heterocycles. The summed E-state index contributed by atoms with van der Waals surface area (Å²) in [6.45, 7) is 8.18. The molecule has 1 saturated carbocycles. The van der Waals surface area contributed by atoms with Crippen LogP contribution in [0.5, 0.6) is 11.5 Å². The number of aliphatic hydroxyl groups is 1. The Balaban J connectivity index is 1.82. The fourth-order valence-electron chi connectivity index (χ4n) is 5.06. The third-order valence-corrected chi connectivity index (χ3v) is 7.89. The van der Waals surface area contributed by atoms with Crippen molar-refractivity contribution in [2.24, 2.45) is 16.7 Å². The van der Waals surface area contributed by atoms with Gasteiger partial charge < -0.3 is 9.84 Å². The van der Waals surface area contributed by atoms with Crippen LogP contribution in [-0.2, 0) is 11.2 Å². The predicted molar refractivity (Wildman–Crippen MR) is 119 cm³/mol. The van der Waals surface area contributed by atoms with Gasteiger partial charge in [0.15, 0.2) is 17.3 Å². The Bertz CT molecular complexity index is 1070. The average molecular weight is 473 g/mol. The second-order valence-electron chi connectivity index (χ2n) is 9.08. The monoisotopic (exact) mass is 472 g/mol. The molecule has 0 radical (unpaired) electrons. The molecule has 2 aromatic carbocycles. The minimum atomic E-state index is -0.515. The molecule has 0 saturated heterocycles. The van der Waals surface area contributed by atoms with Crippen LogP contribution in [0.4, 0.5) is 4.39 Å². The number of hydrogen-bond acceptors (Lipinski definition) is 3. The Hall–Kier alpha value is -2.14. The maximum absolute atomic E-state index is 14.2. The van der Waals surface area contributed by atoms with Crippen LogP contribution in [0.15, 0.2) is 46.6 Å². The number of ether oxygens (including phenoxy) is 1. The summed E-state index contributed by atoms with van der Waals surface area (Å²) >= 11 is 3.24. The summed E-state index contributed by atoms with van der Waals surface area (Å²) in [4.78, 5) is 13.6. The van der Waals surface area contributed by atoms with Gasteiger partial charge in [-0.2, -0.15) is 0 Å². The third kappa shape index (κ3) is 3.01. The molecule has 4 rings (SSSR count). The Morgan fingerprint density at radius 2 is 1.93 bits per heavy atom. The van der Waals surface area contributed by atoms with E-state index in [-0.39, 0.29) is 28.6 Å². The van der Waals surface area contributed by atoms with Gasteiger partial charge in [-0.3, -0.25) is 4.79 Å². The molecule has 2 aromatic rings. The summed E-state index contributed by atoms with van der Waals surface area (Å²) in [6.07, 6.45) is 2.27. The minimum absolute atomic E-state index is 0.0135. The summed E-state index contributed by atoms with van der Waals surface area (Å²) in [7, 11) is 0. The molecule has 3 nitrogen and oxygen atoms in total. The number of allylic oxidation sites excluding steroid dienone is 2. The molecule has 0 aliphatic heterocycles. The predicted octanol–water partition coefficient (Wildman–Crippen LogP) is 7.24. The smallest absolute Gasteiger partial charge is 0.173 e. The summed E-state index contributed by atoms with van der Waals surface area (Å²) in [5.74, 6) is 0.178. The van der Waals surface area contributed by atoms with E-state index in [0.29, 0.717) is 27.8 Å². The summed E-state index contributed by atoms with van der Waals surface area (Å²) in [5.41, 5.74) is 1.23. The highest BCUT2D eigenvalue weighted by Gasteiger charge is 2.61. The minimum Gasteiger partial charge on any atom is -0.511 e. The summed E-state index contributed by atoms with van der Waals surface area (Å²) in [5, 5.41) is 11.2. The molecule has 30 heavy (non-hydrogen) atoms. The second-order valence-corrected chi connectivity index (χ2v) is 10.00. The van der Waals surface area contributed by atoms with E-state index in [1.54, 1.807) is 24.3 Å². The number of rotatable bonds is 4. The molecule has 0 unspecified atom stereocenters. The standard InChI is InChI=1S/C25H26BrFO3/c1-5-14-6-8-16(30-20-9-7-15(26)12-19(20)27)13-17(14)21-22(28)18-10-11-25(4,23(21)29)24(18,2)3/h6-9,12-13,18,28H,5,10-11H2,1-4H3/t18-,25+/m0/s1. The normalized spacial score (nSPS) is 25.0. The van der Waals surface area contributed by atoms with Crippen LogP contribution in [0.2, 0.25) is 0 Å². The van der Waals surface area contributed by atoms with Gasteiger partial charge in [-0.1, -0.05) is 49.7 Å². The van der Waals surface area contributed by atoms with Crippen molar-refractivity contribution < 1.29 is 19.0 Å². The zero-order valence-electron chi connectivity index (χ0n) is 17.7. The Morgan fingerprint density at radius 1 is 1.20 bits per heavy atom. The van der Waals surface area contributed by atoms with Gasteiger partial charge in [-0.05, 0) is 66.1 Å². The van der Waals surface area contributed by atoms with Gasteiger partial charge in [0, 0.05) is 15.8 Å². The third-order valence-electron chi connectivity index (χ3n) is 7.39. The molecule has 0 amide bonds. The van der Waals surface area contributed by atoms with E-state index in [9.17, 15) is 14.3 Å². The number of fused-ring (bicyclic) bond motifs is 2. The van der Waals surface area contributed by atoms with Crippen LogP contribution in [0.3, 0.4) is 0 Å². The van der Waals surface area contributed by atoms with E-state index in [4.69, 9.17) is 4.74 Å². The van der Waals surface area contributed by atoms with Gasteiger partial charge in [0.25, 0.3) is 0 Å². The SMILES string of the molecule is CCc1ccc(Oc2ccc(Br)cc2F)cc1C1=C(O)[C@@H]2CC[C@](C)(C1=O)C2(C)C. The highest BCUT2D eigenvalue weighted by molar-refractivity contribution is 9.10. The zero-order chi connectivity index (χ0) is 21.8. The first-order chi connectivity index (χ1) is 14.1.